The average Bonchev–Trinajstić information content (AvgIpc) is 2.74. The molecule has 0 spiro atoms. The van der Waals surface area contributed by atoms with E-state index in [-0.39, 0.29) is 5.60 Å². The van der Waals surface area contributed by atoms with Crippen LogP contribution >= 0.6 is 0 Å². The van der Waals surface area contributed by atoms with Crippen LogP contribution in [0.15, 0.2) is 10.6 Å². The first kappa shape index (κ1) is 13.2. The molecule has 0 radical (unpaired) electrons. The van der Waals surface area contributed by atoms with E-state index in [2.05, 4.69) is 31.1 Å². The summed E-state index contributed by atoms with van der Waals surface area (Å²) in [5.41, 5.74) is -0.372. The lowest BCUT2D eigenvalue weighted by Crippen LogP contribution is -2.23. The van der Waals surface area contributed by atoms with Gasteiger partial charge in [0, 0.05) is 13.2 Å². The number of hydrogen-bond acceptors (Lipinski definition) is 4. The first-order chi connectivity index (χ1) is 7.51. The van der Waals surface area contributed by atoms with E-state index in [1.54, 1.807) is 13.3 Å². The Hall–Kier alpha value is -0.870. The van der Waals surface area contributed by atoms with Crippen molar-refractivity contribution in [3.05, 3.63) is 17.8 Å². The Morgan fingerprint density at radius 3 is 2.75 bits per heavy atom. The molecule has 1 heterocycles. The largest absolute Gasteiger partial charge is 0.441 e. The third kappa shape index (κ3) is 3.06. The molecule has 1 aromatic rings. The van der Waals surface area contributed by atoms with E-state index in [0.29, 0.717) is 18.5 Å². The summed E-state index contributed by atoms with van der Waals surface area (Å²) < 4.78 is 11.1. The predicted molar refractivity (Wildman–Crippen MR) is 63.1 cm³/mol. The summed E-state index contributed by atoms with van der Waals surface area (Å²) in [6.45, 7) is 8.91. The Bertz CT molecular complexity index is 317. The zero-order valence-electron chi connectivity index (χ0n) is 10.8. The number of oxazole rings is 1. The van der Waals surface area contributed by atoms with E-state index in [4.69, 9.17) is 9.15 Å². The molecule has 0 aliphatic rings. The molecule has 92 valence electrons. The first-order valence-electron chi connectivity index (χ1n) is 5.75. The van der Waals surface area contributed by atoms with Crippen molar-refractivity contribution in [1.29, 1.82) is 0 Å². The molecule has 16 heavy (non-hydrogen) atoms. The fraction of sp³-hybridized carbons (Fsp3) is 0.750. The van der Waals surface area contributed by atoms with E-state index in [1.807, 2.05) is 6.92 Å². The van der Waals surface area contributed by atoms with Crippen LogP contribution in [0, 0.1) is 0 Å². The van der Waals surface area contributed by atoms with E-state index >= 15 is 0 Å². The van der Waals surface area contributed by atoms with Crippen LogP contribution in [0.3, 0.4) is 0 Å². The van der Waals surface area contributed by atoms with Crippen molar-refractivity contribution in [2.75, 3.05) is 7.11 Å². The third-order valence-electron chi connectivity index (χ3n) is 2.86. The van der Waals surface area contributed by atoms with Crippen molar-refractivity contribution in [2.24, 2.45) is 0 Å². The topological polar surface area (TPSA) is 47.3 Å². The second kappa shape index (κ2) is 5.46. The van der Waals surface area contributed by atoms with Crippen LogP contribution in [-0.2, 0) is 16.9 Å². The lowest BCUT2D eigenvalue weighted by atomic mass is 10.0. The molecule has 4 nitrogen and oxygen atoms in total. The smallest absolute Gasteiger partial charge is 0.208 e. The van der Waals surface area contributed by atoms with Gasteiger partial charge in [-0.05, 0) is 13.3 Å². The van der Waals surface area contributed by atoms with Crippen molar-refractivity contribution in [3.8, 4) is 0 Å². The quantitative estimate of drug-likeness (QED) is 0.809. The molecule has 0 fully saturated rings. The Balaban J connectivity index is 2.70. The fourth-order valence-corrected chi connectivity index (χ4v) is 1.35. The first-order valence-corrected chi connectivity index (χ1v) is 5.75. The molecule has 4 heteroatoms. The summed E-state index contributed by atoms with van der Waals surface area (Å²) in [6, 6.07) is 0.426. The molecule has 1 unspecified atom stereocenters. The maximum absolute atomic E-state index is 5.68. The number of nitrogens with one attached hydrogen (secondary N) is 1. The number of rotatable bonds is 6. The molecule has 1 atom stereocenters. The molecule has 0 saturated carbocycles. The lowest BCUT2D eigenvalue weighted by molar-refractivity contribution is -0.0198. The molecule has 0 bridgehead atoms. The van der Waals surface area contributed by atoms with E-state index in [0.717, 1.165) is 12.2 Å². The van der Waals surface area contributed by atoms with Crippen LogP contribution in [-0.4, -0.2) is 18.1 Å². The molecular weight excluding hydrogens is 204 g/mol. The highest BCUT2D eigenvalue weighted by Gasteiger charge is 2.28. The molecule has 1 rings (SSSR count). The van der Waals surface area contributed by atoms with Gasteiger partial charge in [-0.2, -0.15) is 0 Å². The van der Waals surface area contributed by atoms with E-state index < -0.39 is 0 Å². The van der Waals surface area contributed by atoms with Crippen LogP contribution in [0.1, 0.15) is 45.8 Å². The van der Waals surface area contributed by atoms with Gasteiger partial charge in [-0.15, -0.1) is 0 Å². The second-order valence-electron chi connectivity index (χ2n) is 4.44. The summed E-state index contributed by atoms with van der Waals surface area (Å²) in [4.78, 5) is 4.24. The maximum atomic E-state index is 5.68. The molecule has 1 N–H and O–H groups in total. The minimum Gasteiger partial charge on any atom is -0.441 e. The normalized spacial score (nSPS) is 15.4. The molecule has 0 amide bonds. The van der Waals surface area contributed by atoms with Gasteiger partial charge < -0.3 is 14.5 Å². The lowest BCUT2D eigenvalue weighted by Gasteiger charge is -2.23. The Morgan fingerprint density at radius 1 is 1.56 bits per heavy atom. The number of methoxy groups -OCH3 is 1. The standard InChI is InChI=1S/C12H22N2O2/c1-6-12(4,15-5)10-7-14-11(16-10)8-13-9(2)3/h7,9,13H,6,8H2,1-5H3. The number of nitrogens with zero attached hydrogens (tertiary/aromatic N) is 1. The van der Waals surface area contributed by atoms with Gasteiger partial charge in [0.15, 0.2) is 5.76 Å². The van der Waals surface area contributed by atoms with E-state index in [1.165, 1.54) is 0 Å². The molecule has 0 aliphatic heterocycles. The number of hydrogen-bond donors (Lipinski definition) is 1. The maximum Gasteiger partial charge on any atom is 0.208 e. The highest BCUT2D eigenvalue weighted by atomic mass is 16.5. The van der Waals surface area contributed by atoms with Gasteiger partial charge in [0.2, 0.25) is 5.89 Å². The van der Waals surface area contributed by atoms with Gasteiger partial charge in [0.25, 0.3) is 0 Å². The highest BCUT2D eigenvalue weighted by molar-refractivity contribution is 5.05. The van der Waals surface area contributed by atoms with Crippen LogP contribution in [0.4, 0.5) is 0 Å². The number of ether oxygens (including phenoxy) is 1. The average molecular weight is 226 g/mol. The monoisotopic (exact) mass is 226 g/mol. The van der Waals surface area contributed by atoms with Gasteiger partial charge in [0.05, 0.1) is 12.7 Å². The van der Waals surface area contributed by atoms with Crippen molar-refractivity contribution in [1.82, 2.24) is 10.3 Å². The van der Waals surface area contributed by atoms with Crippen LogP contribution in [0.25, 0.3) is 0 Å². The molecular formula is C12H22N2O2. The summed E-state index contributed by atoms with van der Waals surface area (Å²) in [6.07, 6.45) is 2.61. The summed E-state index contributed by atoms with van der Waals surface area (Å²) >= 11 is 0. The molecule has 0 saturated heterocycles. The zero-order valence-corrected chi connectivity index (χ0v) is 10.8. The minimum absolute atomic E-state index is 0.372. The van der Waals surface area contributed by atoms with Gasteiger partial charge >= 0.3 is 0 Å². The summed E-state index contributed by atoms with van der Waals surface area (Å²) in [5, 5.41) is 3.27. The van der Waals surface area contributed by atoms with Crippen LogP contribution in [0.2, 0.25) is 0 Å². The molecule has 0 aliphatic carbocycles. The van der Waals surface area contributed by atoms with Gasteiger partial charge in [-0.25, -0.2) is 4.98 Å². The fourth-order valence-electron chi connectivity index (χ4n) is 1.35. The third-order valence-corrected chi connectivity index (χ3v) is 2.86. The SMILES string of the molecule is CCC(C)(OC)c1cnc(CNC(C)C)o1. The summed E-state index contributed by atoms with van der Waals surface area (Å²) in [5.74, 6) is 1.50. The summed E-state index contributed by atoms with van der Waals surface area (Å²) in [7, 11) is 1.69. The van der Waals surface area contributed by atoms with Gasteiger partial charge in [-0.3, -0.25) is 0 Å². The Morgan fingerprint density at radius 2 is 2.25 bits per heavy atom. The van der Waals surface area contributed by atoms with Crippen molar-refractivity contribution < 1.29 is 9.15 Å². The van der Waals surface area contributed by atoms with Gasteiger partial charge in [-0.1, -0.05) is 20.8 Å². The van der Waals surface area contributed by atoms with Crippen LogP contribution in [0.5, 0.6) is 0 Å². The number of aromatic nitrogens is 1. The van der Waals surface area contributed by atoms with Gasteiger partial charge in [0.1, 0.15) is 5.60 Å². The zero-order chi connectivity index (χ0) is 12.2. The second-order valence-corrected chi connectivity index (χ2v) is 4.44. The minimum atomic E-state index is -0.372. The molecule has 0 aromatic carbocycles. The highest BCUT2D eigenvalue weighted by Crippen LogP contribution is 2.28. The van der Waals surface area contributed by atoms with E-state index in [9.17, 15) is 0 Å². The van der Waals surface area contributed by atoms with Crippen molar-refractivity contribution in [2.45, 2.75) is 52.3 Å². The molecule has 1 aromatic heterocycles. The Labute approximate surface area is 97.4 Å². The predicted octanol–water partition coefficient (Wildman–Crippen LogP) is 2.44. The Kier molecular flexibility index (Phi) is 4.50. The van der Waals surface area contributed by atoms with Crippen LogP contribution < -0.4 is 5.32 Å². The van der Waals surface area contributed by atoms with Crippen molar-refractivity contribution >= 4 is 0 Å². The van der Waals surface area contributed by atoms with Crippen molar-refractivity contribution in [3.63, 3.8) is 0 Å².